The number of rotatable bonds is 4. The average Bonchev–Trinajstić information content (AvgIpc) is 2.78. The lowest BCUT2D eigenvalue weighted by Gasteiger charge is -2.06. The fourth-order valence-electron chi connectivity index (χ4n) is 1.55. The number of nitrogens with zero attached hydrogens (tertiary/aromatic N) is 4. The monoisotopic (exact) mass is 264 g/mol. The van der Waals surface area contributed by atoms with Crippen LogP contribution in [0.1, 0.15) is 16.2 Å². The van der Waals surface area contributed by atoms with E-state index in [9.17, 15) is 9.18 Å². The molecule has 2 aromatic rings. The van der Waals surface area contributed by atoms with E-state index in [0.717, 1.165) is 18.1 Å². The predicted molar refractivity (Wildman–Crippen MR) is 65.6 cm³/mol. The number of amides is 1. The lowest BCUT2D eigenvalue weighted by Crippen LogP contribution is -2.27. The zero-order chi connectivity index (χ0) is 13.8. The van der Waals surface area contributed by atoms with Crippen molar-refractivity contribution in [1.29, 1.82) is 0 Å². The van der Waals surface area contributed by atoms with Crippen molar-refractivity contribution in [2.45, 2.75) is 6.42 Å². The molecule has 3 N–H and O–H groups in total. The Labute approximate surface area is 108 Å². The molecule has 0 fully saturated rings. The summed E-state index contributed by atoms with van der Waals surface area (Å²) in [6.07, 6.45) is 3.06. The molecule has 2 rings (SSSR count). The molecule has 0 radical (unpaired) electrons. The van der Waals surface area contributed by atoms with Crippen LogP contribution < -0.4 is 11.1 Å². The van der Waals surface area contributed by atoms with Crippen LogP contribution in [0.5, 0.6) is 0 Å². The van der Waals surface area contributed by atoms with Gasteiger partial charge in [0.2, 0.25) is 0 Å². The van der Waals surface area contributed by atoms with Gasteiger partial charge in [0, 0.05) is 20.0 Å². The van der Waals surface area contributed by atoms with Crippen LogP contribution in [0, 0.1) is 5.82 Å². The summed E-state index contributed by atoms with van der Waals surface area (Å²) in [6.45, 7) is 0.349. The number of halogens is 1. The maximum absolute atomic E-state index is 13.0. The maximum Gasteiger partial charge on any atom is 0.255 e. The van der Waals surface area contributed by atoms with Crippen LogP contribution in [0.3, 0.4) is 0 Å². The minimum absolute atomic E-state index is 0.00226. The second-order valence-electron chi connectivity index (χ2n) is 3.95. The molecule has 100 valence electrons. The number of hydrogen-bond donors (Lipinski definition) is 2. The van der Waals surface area contributed by atoms with Crippen molar-refractivity contribution in [2.75, 3.05) is 12.3 Å². The first-order valence-electron chi connectivity index (χ1n) is 5.60. The standard InChI is InChI=1S/C11H13FN6O/c1-18-6-16-17-9(18)2-3-14-11(19)8-4-7(12)5-15-10(8)13/h4-6H,2-3H2,1H3,(H2,13,15)(H,14,19). The number of nitrogens with two attached hydrogens (primary N) is 1. The Morgan fingerprint density at radius 2 is 2.37 bits per heavy atom. The summed E-state index contributed by atoms with van der Waals surface area (Å²) in [7, 11) is 1.81. The van der Waals surface area contributed by atoms with E-state index in [4.69, 9.17) is 5.73 Å². The number of aryl methyl sites for hydroxylation is 1. The Hall–Kier alpha value is -2.51. The topological polar surface area (TPSA) is 98.7 Å². The third-order valence-electron chi connectivity index (χ3n) is 2.57. The highest BCUT2D eigenvalue weighted by Gasteiger charge is 2.12. The van der Waals surface area contributed by atoms with E-state index in [1.807, 2.05) is 7.05 Å². The van der Waals surface area contributed by atoms with Gasteiger partial charge in [0.25, 0.3) is 5.91 Å². The van der Waals surface area contributed by atoms with Gasteiger partial charge in [-0.05, 0) is 6.07 Å². The second kappa shape index (κ2) is 5.42. The van der Waals surface area contributed by atoms with Crippen molar-refractivity contribution in [2.24, 2.45) is 7.05 Å². The van der Waals surface area contributed by atoms with Crippen LogP contribution in [0.2, 0.25) is 0 Å². The molecule has 0 unspecified atom stereocenters. The van der Waals surface area contributed by atoms with E-state index >= 15 is 0 Å². The number of carbonyl (C=O) groups is 1. The van der Waals surface area contributed by atoms with Crippen molar-refractivity contribution in [3.05, 3.63) is 35.8 Å². The molecule has 0 aliphatic heterocycles. The SMILES string of the molecule is Cn1cnnc1CCNC(=O)c1cc(F)cnc1N. The molecule has 0 atom stereocenters. The van der Waals surface area contributed by atoms with Gasteiger partial charge in [-0.25, -0.2) is 9.37 Å². The first-order chi connectivity index (χ1) is 9.08. The molecule has 0 aromatic carbocycles. The van der Waals surface area contributed by atoms with E-state index < -0.39 is 11.7 Å². The smallest absolute Gasteiger partial charge is 0.255 e. The van der Waals surface area contributed by atoms with Crippen LogP contribution in [-0.2, 0) is 13.5 Å². The average molecular weight is 264 g/mol. The number of carbonyl (C=O) groups excluding carboxylic acids is 1. The van der Waals surface area contributed by atoms with Gasteiger partial charge in [0.05, 0.1) is 11.8 Å². The molecular formula is C11H13FN6O. The van der Waals surface area contributed by atoms with Gasteiger partial charge in [-0.3, -0.25) is 4.79 Å². The fraction of sp³-hybridized carbons (Fsp3) is 0.273. The summed E-state index contributed by atoms with van der Waals surface area (Å²) in [5.41, 5.74) is 5.54. The number of hydrogen-bond acceptors (Lipinski definition) is 5. The van der Waals surface area contributed by atoms with Crippen LogP contribution >= 0.6 is 0 Å². The fourth-order valence-corrected chi connectivity index (χ4v) is 1.55. The minimum Gasteiger partial charge on any atom is -0.383 e. The Balaban J connectivity index is 1.94. The van der Waals surface area contributed by atoms with Crippen LogP contribution in [-0.4, -0.2) is 32.2 Å². The highest BCUT2D eigenvalue weighted by atomic mass is 19.1. The Bertz CT molecular complexity index is 597. The Morgan fingerprint density at radius 3 is 3.05 bits per heavy atom. The molecule has 1 amide bonds. The quantitative estimate of drug-likeness (QED) is 0.803. The number of nitrogens with one attached hydrogen (secondary N) is 1. The maximum atomic E-state index is 13.0. The largest absolute Gasteiger partial charge is 0.383 e. The van der Waals surface area contributed by atoms with Gasteiger partial charge in [-0.15, -0.1) is 10.2 Å². The van der Waals surface area contributed by atoms with Crippen molar-refractivity contribution < 1.29 is 9.18 Å². The number of anilines is 1. The number of pyridine rings is 1. The molecule has 0 saturated heterocycles. The van der Waals surface area contributed by atoms with Gasteiger partial charge in [0.15, 0.2) is 0 Å². The first-order valence-corrected chi connectivity index (χ1v) is 5.60. The predicted octanol–water partition coefficient (Wildman–Crippen LogP) is -0.0961. The minimum atomic E-state index is -0.604. The van der Waals surface area contributed by atoms with E-state index in [0.29, 0.717) is 13.0 Å². The zero-order valence-electron chi connectivity index (χ0n) is 10.3. The third-order valence-corrected chi connectivity index (χ3v) is 2.57. The highest BCUT2D eigenvalue weighted by Crippen LogP contribution is 2.09. The van der Waals surface area contributed by atoms with Gasteiger partial charge in [0.1, 0.15) is 23.8 Å². The summed E-state index contributed by atoms with van der Waals surface area (Å²) >= 11 is 0. The molecule has 0 bridgehead atoms. The van der Waals surface area contributed by atoms with E-state index in [2.05, 4.69) is 20.5 Å². The molecule has 19 heavy (non-hydrogen) atoms. The Morgan fingerprint density at radius 1 is 1.58 bits per heavy atom. The van der Waals surface area contributed by atoms with Gasteiger partial charge in [-0.1, -0.05) is 0 Å². The molecule has 0 aliphatic carbocycles. The molecule has 0 spiro atoms. The summed E-state index contributed by atoms with van der Waals surface area (Å²) in [6, 6.07) is 1.06. The van der Waals surface area contributed by atoms with Gasteiger partial charge in [-0.2, -0.15) is 0 Å². The molecule has 7 nitrogen and oxygen atoms in total. The molecule has 8 heteroatoms. The molecule has 2 aromatic heterocycles. The summed E-state index contributed by atoms with van der Waals surface area (Å²) in [5, 5.41) is 10.2. The summed E-state index contributed by atoms with van der Waals surface area (Å²) in [5.74, 6) is -0.331. The normalized spacial score (nSPS) is 10.4. The summed E-state index contributed by atoms with van der Waals surface area (Å²) < 4.78 is 14.7. The first kappa shape index (κ1) is 12.9. The molecule has 0 saturated carbocycles. The van der Waals surface area contributed by atoms with Crippen LogP contribution in [0.4, 0.5) is 10.2 Å². The van der Waals surface area contributed by atoms with E-state index in [1.54, 1.807) is 10.9 Å². The van der Waals surface area contributed by atoms with Crippen molar-refractivity contribution in [3.8, 4) is 0 Å². The molecule has 2 heterocycles. The van der Waals surface area contributed by atoms with Crippen molar-refractivity contribution >= 4 is 11.7 Å². The second-order valence-corrected chi connectivity index (χ2v) is 3.95. The van der Waals surface area contributed by atoms with Crippen molar-refractivity contribution in [1.82, 2.24) is 25.1 Å². The number of aromatic nitrogens is 4. The highest BCUT2D eigenvalue weighted by molar-refractivity contribution is 5.98. The van der Waals surface area contributed by atoms with Gasteiger partial charge >= 0.3 is 0 Å². The van der Waals surface area contributed by atoms with E-state index in [-0.39, 0.29) is 11.4 Å². The Kier molecular flexibility index (Phi) is 3.69. The summed E-state index contributed by atoms with van der Waals surface area (Å²) in [4.78, 5) is 15.4. The molecular weight excluding hydrogens is 251 g/mol. The van der Waals surface area contributed by atoms with Crippen LogP contribution in [0.25, 0.3) is 0 Å². The lowest BCUT2D eigenvalue weighted by atomic mass is 10.2. The van der Waals surface area contributed by atoms with Gasteiger partial charge < -0.3 is 15.6 Å². The van der Waals surface area contributed by atoms with Crippen molar-refractivity contribution in [3.63, 3.8) is 0 Å². The lowest BCUT2D eigenvalue weighted by molar-refractivity contribution is 0.0954. The third kappa shape index (κ3) is 3.03. The number of nitrogen functional groups attached to an aromatic ring is 1. The van der Waals surface area contributed by atoms with E-state index in [1.165, 1.54) is 0 Å². The van der Waals surface area contributed by atoms with Crippen LogP contribution in [0.15, 0.2) is 18.6 Å². The molecule has 0 aliphatic rings. The zero-order valence-corrected chi connectivity index (χ0v) is 10.3.